The molecule has 5 rings (SSSR count). The predicted molar refractivity (Wildman–Crippen MR) is 138 cm³/mol. The van der Waals surface area contributed by atoms with Gasteiger partial charge in [0.15, 0.2) is 6.10 Å². The maximum Gasteiger partial charge on any atom is 0.417 e. The molecule has 0 saturated carbocycles. The standard InChI is InChI=1S/C26H21ClF6N4O3S/c27-17-3-1-2-16(26(31,32)33)23(17)20-10-18(35-40-20)19-13-41-24(34-19)14-6-8-36(9-7-14)22(39)12-37-11-15(25(28,29)30)4-5-21(37)38/h1-5,11,13-14,20H,6-10,12H2. The number of hydrogen-bond acceptors (Lipinski definition) is 6. The molecule has 0 bridgehead atoms. The maximum absolute atomic E-state index is 13.5. The third kappa shape index (κ3) is 6.27. The number of carbonyl (C=O) groups is 1. The van der Waals surface area contributed by atoms with E-state index in [-0.39, 0.29) is 22.9 Å². The summed E-state index contributed by atoms with van der Waals surface area (Å²) in [6.07, 6.45) is -8.50. The molecule has 0 spiro atoms. The Morgan fingerprint density at radius 2 is 1.80 bits per heavy atom. The highest BCUT2D eigenvalue weighted by Gasteiger charge is 2.39. The van der Waals surface area contributed by atoms with E-state index in [1.54, 1.807) is 5.38 Å². The van der Waals surface area contributed by atoms with Gasteiger partial charge in [-0.3, -0.25) is 9.59 Å². The van der Waals surface area contributed by atoms with E-state index in [1.165, 1.54) is 28.4 Å². The smallest absolute Gasteiger partial charge is 0.387 e. The first-order valence-corrected chi connectivity index (χ1v) is 13.7. The van der Waals surface area contributed by atoms with Crippen LogP contribution in [0.4, 0.5) is 26.3 Å². The summed E-state index contributed by atoms with van der Waals surface area (Å²) in [4.78, 5) is 36.2. The van der Waals surface area contributed by atoms with Crippen molar-refractivity contribution >= 4 is 34.6 Å². The number of aromatic nitrogens is 2. The molecule has 0 N–H and O–H groups in total. The fraction of sp³-hybridized carbons (Fsp3) is 0.385. The van der Waals surface area contributed by atoms with Crippen LogP contribution in [0.2, 0.25) is 5.02 Å². The average molecular weight is 619 g/mol. The van der Waals surface area contributed by atoms with Crippen molar-refractivity contribution in [2.75, 3.05) is 13.1 Å². The van der Waals surface area contributed by atoms with E-state index in [4.69, 9.17) is 16.4 Å². The van der Waals surface area contributed by atoms with Crippen LogP contribution in [0, 0.1) is 0 Å². The van der Waals surface area contributed by atoms with Crippen LogP contribution in [0.3, 0.4) is 0 Å². The van der Waals surface area contributed by atoms with Gasteiger partial charge in [0.2, 0.25) is 5.91 Å². The molecule has 0 aliphatic carbocycles. The summed E-state index contributed by atoms with van der Waals surface area (Å²) < 4.78 is 80.3. The van der Waals surface area contributed by atoms with E-state index < -0.39 is 47.6 Å². The molecule has 3 aromatic rings. The number of hydrogen-bond donors (Lipinski definition) is 0. The lowest BCUT2D eigenvalue weighted by Gasteiger charge is -2.31. The highest BCUT2D eigenvalue weighted by Crippen LogP contribution is 2.42. The van der Waals surface area contributed by atoms with Gasteiger partial charge in [0.1, 0.15) is 12.3 Å². The van der Waals surface area contributed by atoms with Gasteiger partial charge in [-0.25, -0.2) is 4.98 Å². The molecule has 2 aliphatic rings. The highest BCUT2D eigenvalue weighted by molar-refractivity contribution is 7.10. The minimum atomic E-state index is -4.64. The van der Waals surface area contributed by atoms with Gasteiger partial charge in [-0.05, 0) is 31.0 Å². The number of nitrogens with zero attached hydrogens (tertiary/aromatic N) is 4. The van der Waals surface area contributed by atoms with Crippen LogP contribution in [0.1, 0.15) is 58.7 Å². The van der Waals surface area contributed by atoms with Crippen molar-refractivity contribution in [1.82, 2.24) is 14.5 Å². The minimum absolute atomic E-state index is 0.00630. The van der Waals surface area contributed by atoms with Crippen molar-refractivity contribution < 1.29 is 36.0 Å². The summed E-state index contributed by atoms with van der Waals surface area (Å²) in [6, 6.07) is 5.00. The monoisotopic (exact) mass is 618 g/mol. The summed E-state index contributed by atoms with van der Waals surface area (Å²) in [5, 5.41) is 6.41. The molecular formula is C26H21ClF6N4O3S. The number of pyridine rings is 1. The first kappa shape index (κ1) is 29.1. The molecule has 0 radical (unpaired) electrons. The lowest BCUT2D eigenvalue weighted by Crippen LogP contribution is -2.41. The SMILES string of the molecule is O=C(Cn1cc(C(F)(F)F)ccc1=O)N1CCC(c2nc(C3=NOC(c4c(Cl)cccc4C(F)(F)F)C3)cs2)CC1. The first-order valence-electron chi connectivity index (χ1n) is 12.4. The number of rotatable bonds is 5. The molecular weight excluding hydrogens is 598 g/mol. The van der Waals surface area contributed by atoms with Crippen LogP contribution < -0.4 is 5.56 Å². The summed E-state index contributed by atoms with van der Waals surface area (Å²) in [7, 11) is 0. The first-order chi connectivity index (χ1) is 19.3. The molecule has 1 amide bonds. The number of thiazole rings is 1. The fourth-order valence-electron chi connectivity index (χ4n) is 4.85. The largest absolute Gasteiger partial charge is 0.417 e. The lowest BCUT2D eigenvalue weighted by molar-refractivity contribution is -0.139. The number of piperidine rings is 1. The second-order valence-electron chi connectivity index (χ2n) is 9.64. The quantitative estimate of drug-likeness (QED) is 0.316. The van der Waals surface area contributed by atoms with Gasteiger partial charge < -0.3 is 14.3 Å². The molecule has 7 nitrogen and oxygen atoms in total. The van der Waals surface area contributed by atoms with E-state index in [0.29, 0.717) is 49.6 Å². The van der Waals surface area contributed by atoms with Gasteiger partial charge in [-0.15, -0.1) is 11.3 Å². The van der Waals surface area contributed by atoms with Crippen LogP contribution in [0.15, 0.2) is 51.9 Å². The molecule has 1 fully saturated rings. The second kappa shape index (κ2) is 11.1. The van der Waals surface area contributed by atoms with Gasteiger partial charge >= 0.3 is 12.4 Å². The normalized spacial score (nSPS) is 18.4. The zero-order chi connectivity index (χ0) is 29.5. The molecule has 218 valence electrons. The molecule has 1 saturated heterocycles. The zero-order valence-electron chi connectivity index (χ0n) is 21.0. The topological polar surface area (TPSA) is 76.8 Å². The number of alkyl halides is 6. The fourth-order valence-corrected chi connectivity index (χ4v) is 6.14. The summed E-state index contributed by atoms with van der Waals surface area (Å²) in [5.74, 6) is -0.473. The van der Waals surface area contributed by atoms with Gasteiger partial charge in [-0.2, -0.15) is 26.3 Å². The number of amides is 1. The van der Waals surface area contributed by atoms with Gasteiger partial charge in [0, 0.05) is 53.7 Å². The number of carbonyl (C=O) groups excluding carboxylic acids is 1. The van der Waals surface area contributed by atoms with E-state index in [2.05, 4.69) is 10.1 Å². The number of halogens is 7. The van der Waals surface area contributed by atoms with E-state index in [9.17, 15) is 35.9 Å². The molecule has 4 heterocycles. The molecule has 2 aromatic heterocycles. The maximum atomic E-state index is 13.5. The Morgan fingerprint density at radius 3 is 2.49 bits per heavy atom. The highest BCUT2D eigenvalue weighted by atomic mass is 35.5. The van der Waals surface area contributed by atoms with Crippen LogP contribution >= 0.6 is 22.9 Å². The van der Waals surface area contributed by atoms with Crippen LogP contribution in [-0.2, 0) is 28.5 Å². The Balaban J connectivity index is 1.20. The molecule has 1 atom stereocenters. The van der Waals surface area contributed by atoms with Crippen molar-refractivity contribution in [3.8, 4) is 0 Å². The van der Waals surface area contributed by atoms with Crippen molar-refractivity contribution in [3.63, 3.8) is 0 Å². The third-order valence-electron chi connectivity index (χ3n) is 6.98. The molecule has 2 aliphatic heterocycles. The van der Waals surface area contributed by atoms with Crippen LogP contribution in [-0.4, -0.2) is 39.2 Å². The predicted octanol–water partition coefficient (Wildman–Crippen LogP) is 6.27. The Morgan fingerprint density at radius 1 is 1.07 bits per heavy atom. The van der Waals surface area contributed by atoms with Crippen LogP contribution in [0.25, 0.3) is 0 Å². The lowest BCUT2D eigenvalue weighted by atomic mass is 9.97. The van der Waals surface area contributed by atoms with Crippen molar-refractivity contribution in [2.24, 2.45) is 5.16 Å². The molecule has 1 unspecified atom stereocenters. The zero-order valence-corrected chi connectivity index (χ0v) is 22.6. The summed E-state index contributed by atoms with van der Waals surface area (Å²) in [5.41, 5.74) is -1.91. The minimum Gasteiger partial charge on any atom is -0.387 e. The Bertz CT molecular complexity index is 1540. The number of oxime groups is 1. The average Bonchev–Trinajstić information content (AvgIpc) is 3.59. The van der Waals surface area contributed by atoms with Gasteiger partial charge in [0.25, 0.3) is 5.56 Å². The second-order valence-corrected chi connectivity index (χ2v) is 10.9. The number of benzene rings is 1. The van der Waals surface area contributed by atoms with E-state index in [0.717, 1.165) is 21.7 Å². The van der Waals surface area contributed by atoms with Crippen LogP contribution in [0.5, 0.6) is 0 Å². The Kier molecular flexibility index (Phi) is 7.90. The third-order valence-corrected chi connectivity index (χ3v) is 8.32. The Hall–Kier alpha value is -3.39. The van der Waals surface area contributed by atoms with E-state index in [1.807, 2.05) is 0 Å². The van der Waals surface area contributed by atoms with Crippen molar-refractivity contribution in [3.05, 3.63) is 84.7 Å². The molecule has 1 aromatic carbocycles. The molecule has 41 heavy (non-hydrogen) atoms. The summed E-state index contributed by atoms with van der Waals surface area (Å²) in [6.45, 7) is 0.146. The Labute approximate surface area is 238 Å². The molecule has 15 heteroatoms. The van der Waals surface area contributed by atoms with Gasteiger partial charge in [-0.1, -0.05) is 22.8 Å². The number of likely N-dealkylation sites (tertiary alicyclic amines) is 1. The van der Waals surface area contributed by atoms with Crippen molar-refractivity contribution in [1.29, 1.82) is 0 Å². The van der Waals surface area contributed by atoms with E-state index >= 15 is 0 Å². The summed E-state index contributed by atoms with van der Waals surface area (Å²) >= 11 is 7.45. The van der Waals surface area contributed by atoms with Gasteiger partial charge in [0.05, 0.1) is 21.8 Å². The van der Waals surface area contributed by atoms with Crippen molar-refractivity contribution in [2.45, 2.75) is 50.2 Å².